The molecule has 2 rings (SSSR count). The van der Waals surface area contributed by atoms with E-state index < -0.39 is 0 Å². The second-order valence-electron chi connectivity index (χ2n) is 5.30. The van der Waals surface area contributed by atoms with E-state index in [1.807, 2.05) is 37.3 Å². The van der Waals surface area contributed by atoms with Gasteiger partial charge in [0.2, 0.25) is 0 Å². The lowest BCUT2D eigenvalue weighted by molar-refractivity contribution is -0.143. The number of pyridine rings is 1. The Bertz CT molecular complexity index is 595. The van der Waals surface area contributed by atoms with Crippen molar-refractivity contribution < 1.29 is 9.53 Å². The maximum absolute atomic E-state index is 11.9. The summed E-state index contributed by atoms with van der Waals surface area (Å²) in [6.07, 6.45) is 4.21. The average Bonchev–Trinajstić information content (AvgIpc) is 2.55. The molecule has 116 valence electrons. The Morgan fingerprint density at radius 1 is 1.14 bits per heavy atom. The number of esters is 1. The number of hydrogen-bond donors (Lipinski definition) is 0. The fourth-order valence-electron chi connectivity index (χ4n) is 2.75. The monoisotopic (exact) mass is 297 g/mol. The lowest BCUT2D eigenvalue weighted by atomic mass is 9.87. The summed E-state index contributed by atoms with van der Waals surface area (Å²) in [4.78, 5) is 16.4. The molecule has 1 unspecified atom stereocenters. The molecule has 2 aromatic rings. The van der Waals surface area contributed by atoms with Gasteiger partial charge >= 0.3 is 5.97 Å². The number of carbonyl (C=O) groups excluding carboxylic acids is 1. The third-order valence-corrected chi connectivity index (χ3v) is 3.70. The van der Waals surface area contributed by atoms with Crippen LogP contribution in [0.1, 0.15) is 44.6 Å². The third kappa shape index (κ3) is 4.17. The second kappa shape index (κ2) is 8.32. The predicted molar refractivity (Wildman–Crippen MR) is 88.6 cm³/mol. The van der Waals surface area contributed by atoms with Crippen LogP contribution in [0.15, 0.2) is 48.7 Å². The molecule has 0 fully saturated rings. The standard InChI is InChI=1S/C19H23NO2/c1-3-9-15(14-19(21)22-4-2)16-10-5-6-11-17(16)18-12-7-8-13-20-18/h5-8,10-13,15H,3-4,9,14H2,1-2H3. The fraction of sp³-hybridized carbons (Fsp3) is 0.368. The normalized spacial score (nSPS) is 11.9. The van der Waals surface area contributed by atoms with E-state index in [1.54, 1.807) is 6.20 Å². The van der Waals surface area contributed by atoms with Crippen molar-refractivity contribution in [2.45, 2.75) is 39.0 Å². The zero-order chi connectivity index (χ0) is 15.8. The van der Waals surface area contributed by atoms with Crippen molar-refractivity contribution in [3.8, 4) is 11.3 Å². The van der Waals surface area contributed by atoms with E-state index in [9.17, 15) is 4.79 Å². The largest absolute Gasteiger partial charge is 0.466 e. The fourth-order valence-corrected chi connectivity index (χ4v) is 2.75. The first kappa shape index (κ1) is 16.2. The van der Waals surface area contributed by atoms with Crippen molar-refractivity contribution >= 4 is 5.97 Å². The number of carbonyl (C=O) groups is 1. The quantitative estimate of drug-likeness (QED) is 0.702. The molecule has 0 aliphatic heterocycles. The molecule has 0 N–H and O–H groups in total. The van der Waals surface area contributed by atoms with Crippen LogP contribution in [0.2, 0.25) is 0 Å². The topological polar surface area (TPSA) is 39.2 Å². The Balaban J connectivity index is 2.33. The highest BCUT2D eigenvalue weighted by molar-refractivity contribution is 5.72. The molecule has 0 aliphatic carbocycles. The highest BCUT2D eigenvalue weighted by Crippen LogP contribution is 2.33. The van der Waals surface area contributed by atoms with Gasteiger partial charge in [-0.2, -0.15) is 0 Å². The molecule has 22 heavy (non-hydrogen) atoms. The highest BCUT2D eigenvalue weighted by Gasteiger charge is 2.19. The van der Waals surface area contributed by atoms with Gasteiger partial charge in [0.15, 0.2) is 0 Å². The van der Waals surface area contributed by atoms with Crippen molar-refractivity contribution in [1.29, 1.82) is 0 Å². The maximum atomic E-state index is 11.9. The van der Waals surface area contributed by atoms with E-state index in [2.05, 4.69) is 24.0 Å². The summed E-state index contributed by atoms with van der Waals surface area (Å²) in [7, 11) is 0. The minimum absolute atomic E-state index is 0.128. The zero-order valence-corrected chi connectivity index (χ0v) is 13.3. The molecule has 0 saturated carbocycles. The van der Waals surface area contributed by atoms with Gasteiger partial charge in [-0.1, -0.05) is 43.7 Å². The van der Waals surface area contributed by atoms with Crippen LogP contribution in [0.5, 0.6) is 0 Å². The molecule has 1 heterocycles. The summed E-state index contributed by atoms with van der Waals surface area (Å²) in [6.45, 7) is 4.41. The molecule has 1 aromatic carbocycles. The van der Waals surface area contributed by atoms with Gasteiger partial charge < -0.3 is 4.74 Å². The second-order valence-corrected chi connectivity index (χ2v) is 5.30. The third-order valence-electron chi connectivity index (χ3n) is 3.70. The van der Waals surface area contributed by atoms with Crippen molar-refractivity contribution in [2.24, 2.45) is 0 Å². The Kier molecular flexibility index (Phi) is 6.13. The predicted octanol–water partition coefficient (Wildman–Crippen LogP) is 4.59. The van der Waals surface area contributed by atoms with Crippen LogP contribution in [0.25, 0.3) is 11.3 Å². The molecule has 1 aromatic heterocycles. The lowest BCUT2D eigenvalue weighted by Gasteiger charge is -2.19. The molecule has 0 spiro atoms. The van der Waals surface area contributed by atoms with Crippen LogP contribution in [0.4, 0.5) is 0 Å². The van der Waals surface area contributed by atoms with Crippen molar-refractivity contribution in [2.75, 3.05) is 6.61 Å². The van der Waals surface area contributed by atoms with Crippen molar-refractivity contribution in [1.82, 2.24) is 4.98 Å². The van der Waals surface area contributed by atoms with Crippen LogP contribution in [-0.4, -0.2) is 17.6 Å². The summed E-state index contributed by atoms with van der Waals surface area (Å²) in [5.41, 5.74) is 3.23. The maximum Gasteiger partial charge on any atom is 0.306 e. The number of rotatable bonds is 7. The number of hydrogen-bond acceptors (Lipinski definition) is 3. The van der Waals surface area contributed by atoms with Gasteiger partial charge in [0, 0.05) is 11.8 Å². The Hall–Kier alpha value is -2.16. The number of aromatic nitrogens is 1. The number of nitrogens with zero attached hydrogens (tertiary/aromatic N) is 1. The zero-order valence-electron chi connectivity index (χ0n) is 13.3. The Morgan fingerprint density at radius 3 is 2.59 bits per heavy atom. The summed E-state index contributed by atoms with van der Waals surface area (Å²) < 4.78 is 5.13. The van der Waals surface area contributed by atoms with Gasteiger partial charge in [0.1, 0.15) is 0 Å². The molecular formula is C19H23NO2. The van der Waals surface area contributed by atoms with E-state index >= 15 is 0 Å². The molecule has 3 heteroatoms. The first-order valence-electron chi connectivity index (χ1n) is 7.92. The molecular weight excluding hydrogens is 274 g/mol. The first-order valence-corrected chi connectivity index (χ1v) is 7.92. The van der Waals surface area contributed by atoms with Crippen LogP contribution in [0, 0.1) is 0 Å². The van der Waals surface area contributed by atoms with Gasteiger partial charge in [-0.15, -0.1) is 0 Å². The molecule has 0 saturated heterocycles. The van der Waals surface area contributed by atoms with E-state index in [4.69, 9.17) is 4.74 Å². The Labute approximate surface area is 132 Å². The van der Waals surface area contributed by atoms with Gasteiger partial charge in [0.05, 0.1) is 18.7 Å². The summed E-state index contributed by atoms with van der Waals surface area (Å²) in [5.74, 6) is 0.0408. The van der Waals surface area contributed by atoms with E-state index in [0.29, 0.717) is 13.0 Å². The SMILES string of the molecule is CCCC(CC(=O)OCC)c1ccccc1-c1ccccn1. The van der Waals surface area contributed by atoms with E-state index in [1.165, 1.54) is 5.56 Å². The van der Waals surface area contributed by atoms with Gasteiger partial charge in [0.25, 0.3) is 0 Å². The summed E-state index contributed by atoms with van der Waals surface area (Å²) >= 11 is 0. The smallest absolute Gasteiger partial charge is 0.306 e. The average molecular weight is 297 g/mol. The van der Waals surface area contributed by atoms with Crippen molar-refractivity contribution in [3.05, 3.63) is 54.2 Å². The van der Waals surface area contributed by atoms with Gasteiger partial charge in [-0.3, -0.25) is 9.78 Å². The van der Waals surface area contributed by atoms with Crippen LogP contribution < -0.4 is 0 Å². The molecule has 0 radical (unpaired) electrons. The van der Waals surface area contributed by atoms with E-state index in [0.717, 1.165) is 24.1 Å². The molecule has 0 bridgehead atoms. The highest BCUT2D eigenvalue weighted by atomic mass is 16.5. The van der Waals surface area contributed by atoms with Crippen LogP contribution >= 0.6 is 0 Å². The number of ether oxygens (including phenoxy) is 1. The van der Waals surface area contributed by atoms with Crippen LogP contribution in [-0.2, 0) is 9.53 Å². The molecule has 0 amide bonds. The van der Waals surface area contributed by atoms with E-state index in [-0.39, 0.29) is 11.9 Å². The molecule has 0 aliphatic rings. The van der Waals surface area contributed by atoms with Gasteiger partial charge in [-0.05, 0) is 37.0 Å². The molecule has 3 nitrogen and oxygen atoms in total. The lowest BCUT2D eigenvalue weighted by Crippen LogP contribution is -2.11. The number of benzene rings is 1. The van der Waals surface area contributed by atoms with Crippen molar-refractivity contribution in [3.63, 3.8) is 0 Å². The van der Waals surface area contributed by atoms with Crippen LogP contribution in [0.3, 0.4) is 0 Å². The summed E-state index contributed by atoms with van der Waals surface area (Å²) in [5, 5.41) is 0. The molecule has 1 atom stereocenters. The first-order chi connectivity index (χ1) is 10.8. The summed E-state index contributed by atoms with van der Waals surface area (Å²) in [6, 6.07) is 14.1. The minimum Gasteiger partial charge on any atom is -0.466 e. The van der Waals surface area contributed by atoms with Gasteiger partial charge in [-0.25, -0.2) is 0 Å². The minimum atomic E-state index is -0.128. The Morgan fingerprint density at radius 2 is 1.91 bits per heavy atom.